The Labute approximate surface area is 137 Å². The van der Waals surface area contributed by atoms with Gasteiger partial charge < -0.3 is 9.80 Å². The highest BCUT2D eigenvalue weighted by atomic mass is 127. The summed E-state index contributed by atoms with van der Waals surface area (Å²) in [5.41, 5.74) is -0.319. The average Bonchev–Trinajstić information content (AvgIpc) is 2.39. The molecule has 0 atom stereocenters. The summed E-state index contributed by atoms with van der Waals surface area (Å²) in [6, 6.07) is 5.21. The van der Waals surface area contributed by atoms with Gasteiger partial charge in [0, 0.05) is 29.3 Å². The summed E-state index contributed by atoms with van der Waals surface area (Å²) < 4.78 is 0.898. The number of halogens is 2. The first kappa shape index (κ1) is 15.6. The number of likely N-dealkylation sites (N-methyl/N-ethyl adjacent to an activating group) is 1. The van der Waals surface area contributed by atoms with Crippen molar-refractivity contribution < 1.29 is 9.59 Å². The van der Waals surface area contributed by atoms with Crippen LogP contribution in [-0.2, 0) is 4.79 Å². The lowest BCUT2D eigenvalue weighted by Crippen LogP contribution is -2.63. The Balaban J connectivity index is 2.33. The monoisotopic (exact) mass is 406 g/mol. The molecule has 1 saturated heterocycles. The molecule has 2 amide bonds. The molecule has 0 saturated carbocycles. The van der Waals surface area contributed by atoms with Gasteiger partial charge in [-0.15, -0.1) is 0 Å². The summed E-state index contributed by atoms with van der Waals surface area (Å²) in [4.78, 5) is 28.1. The summed E-state index contributed by atoms with van der Waals surface area (Å²) in [5, 5.41) is 0.551. The third kappa shape index (κ3) is 2.65. The van der Waals surface area contributed by atoms with E-state index in [9.17, 15) is 9.59 Å². The molecule has 0 spiro atoms. The zero-order valence-electron chi connectivity index (χ0n) is 11.6. The van der Waals surface area contributed by atoms with E-state index in [1.165, 1.54) is 0 Å². The van der Waals surface area contributed by atoms with E-state index in [2.05, 4.69) is 22.6 Å². The van der Waals surface area contributed by atoms with Crippen LogP contribution in [0.1, 0.15) is 24.2 Å². The summed E-state index contributed by atoms with van der Waals surface area (Å²) in [6.45, 7) is 4.62. The maximum absolute atomic E-state index is 12.6. The van der Waals surface area contributed by atoms with Crippen LogP contribution in [-0.4, -0.2) is 47.3 Å². The minimum Gasteiger partial charge on any atom is -0.342 e. The maximum Gasteiger partial charge on any atom is 0.254 e. The Morgan fingerprint density at radius 2 is 2.00 bits per heavy atom. The van der Waals surface area contributed by atoms with Crippen molar-refractivity contribution in [2.75, 3.05) is 20.1 Å². The molecule has 20 heavy (non-hydrogen) atoms. The Kier molecular flexibility index (Phi) is 4.30. The van der Waals surface area contributed by atoms with Gasteiger partial charge in [0.1, 0.15) is 5.54 Å². The molecule has 108 valence electrons. The predicted octanol–water partition coefficient (Wildman–Crippen LogP) is 2.64. The van der Waals surface area contributed by atoms with Crippen LogP contribution in [0.5, 0.6) is 0 Å². The fourth-order valence-corrected chi connectivity index (χ4v) is 2.87. The predicted molar refractivity (Wildman–Crippen MR) is 86.9 cm³/mol. The molecule has 0 radical (unpaired) electrons. The summed E-state index contributed by atoms with van der Waals surface area (Å²) in [5.74, 6) is -0.205. The fourth-order valence-electron chi connectivity index (χ4n) is 2.35. The van der Waals surface area contributed by atoms with Gasteiger partial charge in [-0.25, -0.2) is 0 Å². The van der Waals surface area contributed by atoms with E-state index in [4.69, 9.17) is 11.6 Å². The molecule has 0 N–H and O–H groups in total. The van der Waals surface area contributed by atoms with Crippen molar-refractivity contribution in [1.29, 1.82) is 0 Å². The first-order chi connectivity index (χ1) is 9.25. The van der Waals surface area contributed by atoms with Crippen LogP contribution < -0.4 is 0 Å². The highest BCUT2D eigenvalue weighted by Gasteiger charge is 2.43. The zero-order valence-corrected chi connectivity index (χ0v) is 14.5. The standard InChI is InChI=1S/C14H16ClIN2O2/c1-14(2)13(20)17(3)6-7-18(14)12(19)9-4-5-11(16)10(15)8-9/h4-5,8H,6-7H2,1-3H3. The smallest absolute Gasteiger partial charge is 0.254 e. The molecule has 4 nitrogen and oxygen atoms in total. The largest absolute Gasteiger partial charge is 0.342 e. The van der Waals surface area contributed by atoms with E-state index in [1.54, 1.807) is 48.9 Å². The van der Waals surface area contributed by atoms with Gasteiger partial charge in [0.05, 0.1) is 5.02 Å². The molecule has 6 heteroatoms. The third-order valence-corrected chi connectivity index (χ3v) is 5.19. The summed E-state index contributed by atoms with van der Waals surface area (Å²) in [7, 11) is 1.76. The molecule has 0 bridgehead atoms. The van der Waals surface area contributed by atoms with Gasteiger partial charge in [-0.3, -0.25) is 9.59 Å². The molecule has 0 aliphatic carbocycles. The molecule has 2 rings (SSSR count). The van der Waals surface area contributed by atoms with Gasteiger partial charge >= 0.3 is 0 Å². The number of rotatable bonds is 1. The van der Waals surface area contributed by atoms with Crippen LogP contribution in [0.4, 0.5) is 0 Å². The Hall–Kier alpha value is -0.820. The van der Waals surface area contributed by atoms with Crippen molar-refractivity contribution in [3.05, 3.63) is 32.4 Å². The van der Waals surface area contributed by atoms with E-state index >= 15 is 0 Å². The molecule has 1 aromatic carbocycles. The van der Waals surface area contributed by atoms with Crippen LogP contribution in [0, 0.1) is 3.57 Å². The van der Waals surface area contributed by atoms with E-state index in [-0.39, 0.29) is 11.8 Å². The van der Waals surface area contributed by atoms with Crippen molar-refractivity contribution in [2.45, 2.75) is 19.4 Å². The summed E-state index contributed by atoms with van der Waals surface area (Å²) in [6.07, 6.45) is 0. The van der Waals surface area contributed by atoms with Crippen molar-refractivity contribution >= 4 is 46.0 Å². The van der Waals surface area contributed by atoms with Crippen molar-refractivity contribution in [3.8, 4) is 0 Å². The minimum atomic E-state index is -0.834. The second-order valence-corrected chi connectivity index (χ2v) is 6.94. The minimum absolute atomic E-state index is 0.0475. The SMILES string of the molecule is CN1CCN(C(=O)c2ccc(I)c(Cl)c2)C(C)(C)C1=O. The molecule has 0 unspecified atom stereocenters. The van der Waals surface area contributed by atoms with E-state index in [0.717, 1.165) is 3.57 Å². The molecular weight excluding hydrogens is 391 g/mol. The number of hydrogen-bond donors (Lipinski definition) is 0. The van der Waals surface area contributed by atoms with Crippen LogP contribution in [0.15, 0.2) is 18.2 Å². The lowest BCUT2D eigenvalue weighted by molar-refractivity contribution is -0.144. The maximum atomic E-state index is 12.6. The normalized spacial score (nSPS) is 18.4. The quantitative estimate of drug-likeness (QED) is 0.673. The number of carbonyl (C=O) groups is 2. The van der Waals surface area contributed by atoms with Gasteiger partial charge in [0.25, 0.3) is 5.91 Å². The Bertz CT molecular complexity index is 574. The van der Waals surface area contributed by atoms with E-state index in [0.29, 0.717) is 23.7 Å². The van der Waals surface area contributed by atoms with Gasteiger partial charge in [0.15, 0.2) is 0 Å². The second-order valence-electron chi connectivity index (χ2n) is 5.37. The van der Waals surface area contributed by atoms with Crippen LogP contribution in [0.2, 0.25) is 5.02 Å². The number of piperazine rings is 1. The van der Waals surface area contributed by atoms with Gasteiger partial charge in [-0.1, -0.05) is 11.6 Å². The topological polar surface area (TPSA) is 40.6 Å². The van der Waals surface area contributed by atoms with Gasteiger partial charge in [-0.05, 0) is 54.6 Å². The molecular formula is C14H16ClIN2O2. The average molecular weight is 407 g/mol. The lowest BCUT2D eigenvalue weighted by atomic mass is 9.96. The van der Waals surface area contributed by atoms with E-state index in [1.807, 2.05) is 0 Å². The fraction of sp³-hybridized carbons (Fsp3) is 0.429. The molecule has 1 heterocycles. The second kappa shape index (κ2) is 5.52. The number of benzene rings is 1. The number of hydrogen-bond acceptors (Lipinski definition) is 2. The molecule has 1 aromatic rings. The molecule has 1 aliphatic heterocycles. The van der Waals surface area contributed by atoms with Gasteiger partial charge in [0.2, 0.25) is 5.91 Å². The first-order valence-electron chi connectivity index (χ1n) is 6.27. The van der Waals surface area contributed by atoms with Crippen molar-refractivity contribution in [1.82, 2.24) is 9.80 Å². The van der Waals surface area contributed by atoms with Gasteiger partial charge in [-0.2, -0.15) is 0 Å². The number of amides is 2. The van der Waals surface area contributed by atoms with Crippen molar-refractivity contribution in [2.24, 2.45) is 0 Å². The highest BCUT2D eigenvalue weighted by Crippen LogP contribution is 2.26. The Morgan fingerprint density at radius 3 is 2.60 bits per heavy atom. The molecule has 0 aromatic heterocycles. The molecule has 1 fully saturated rings. The Morgan fingerprint density at radius 1 is 1.35 bits per heavy atom. The number of carbonyl (C=O) groups excluding carboxylic acids is 2. The summed E-state index contributed by atoms with van der Waals surface area (Å²) >= 11 is 8.18. The first-order valence-corrected chi connectivity index (χ1v) is 7.73. The molecule has 1 aliphatic rings. The number of nitrogens with zero attached hydrogens (tertiary/aromatic N) is 2. The third-order valence-electron chi connectivity index (χ3n) is 3.62. The van der Waals surface area contributed by atoms with Crippen LogP contribution >= 0.6 is 34.2 Å². The lowest BCUT2D eigenvalue weighted by Gasteiger charge is -2.44. The van der Waals surface area contributed by atoms with Crippen LogP contribution in [0.25, 0.3) is 0 Å². The van der Waals surface area contributed by atoms with Crippen LogP contribution in [0.3, 0.4) is 0 Å². The van der Waals surface area contributed by atoms with E-state index < -0.39 is 5.54 Å². The van der Waals surface area contributed by atoms with Crippen molar-refractivity contribution in [3.63, 3.8) is 0 Å². The highest BCUT2D eigenvalue weighted by molar-refractivity contribution is 14.1. The zero-order chi connectivity index (χ0) is 15.1.